The molecular weight excluding hydrogens is 1760 g/mol. The van der Waals surface area contributed by atoms with Crippen LogP contribution in [0, 0.1) is 10.8 Å². The van der Waals surface area contributed by atoms with Crippen LogP contribution in [0.1, 0.15) is 99.9 Å². The second-order valence-corrected chi connectivity index (χ2v) is 42.8. The standard InChI is InChI=1S/C74H60N2.C68H48N2/c1-71(2,3)73(67-31-19-17-29-61(67)63-43-41-57(47-69(63)73)75(53-23-9-7-10-24-53)55-39-37-51-35-33-49-21-13-15-27-59(49)65(51)45-55)74(72(4,5)6)68-32-20-18-30-62(68)64-44-42-58(48-70(64)74)76(54-25-11-8-12-26-54)56-40-38-52-36-34-50-22-14-16-28-60(50)66(52)46-56;1-67(63-27-15-13-25-57(63)59-39-37-53(43-65(59)67)69(49-19-5-3-6-20-49)51-35-33-47-31-29-45-17-9-11-23-55(45)61(47)41-51)68(2)64-28-16-14-26-58(64)60-40-38-54(44-66(60)68)70(50-21-7-4-8-22-50)52-36-34-48-32-30-46-18-10-12-24-56(46)62(48)42-52/h7-48H,1-6H3;3-44H,1-2H3. The zero-order valence-electron chi connectivity index (χ0n) is 83.3. The quantitative estimate of drug-likeness (QED) is 0.101. The third kappa shape index (κ3) is 13.1. The Morgan fingerprint density at radius 2 is 0.315 bits per heavy atom. The molecule has 0 radical (unpaired) electrons. The number of hydrogen-bond donors (Lipinski definition) is 0. The molecule has 4 heteroatoms. The summed E-state index contributed by atoms with van der Waals surface area (Å²) in [7, 11) is 0. The van der Waals surface area contributed by atoms with Crippen molar-refractivity contribution in [1.29, 1.82) is 0 Å². The molecule has 4 unspecified atom stereocenters. The van der Waals surface area contributed by atoms with Crippen LogP contribution in [0.3, 0.4) is 0 Å². The van der Waals surface area contributed by atoms with Gasteiger partial charge in [0.25, 0.3) is 0 Å². The van der Waals surface area contributed by atoms with Gasteiger partial charge in [-0.2, -0.15) is 0 Å². The summed E-state index contributed by atoms with van der Waals surface area (Å²) in [4.78, 5) is 9.88. The zero-order valence-corrected chi connectivity index (χ0v) is 83.3. The molecule has 28 rings (SSSR count). The van der Waals surface area contributed by atoms with Gasteiger partial charge in [-0.25, -0.2) is 0 Å². The number of para-hydroxylation sites is 4. The first kappa shape index (κ1) is 87.6. The van der Waals surface area contributed by atoms with Crippen LogP contribution in [0.25, 0.3) is 131 Å². The number of anilines is 12. The fraction of sp³-hybridized carbons (Fsp3) is 0.0986. The maximum absolute atomic E-state index is 2.59. The van der Waals surface area contributed by atoms with Gasteiger partial charge in [0.05, 0.1) is 0 Å². The van der Waals surface area contributed by atoms with E-state index in [0.717, 1.165) is 68.2 Å². The molecule has 24 aromatic rings. The number of fused-ring (bicyclic) bond motifs is 24. The molecule has 4 aliphatic carbocycles. The maximum atomic E-state index is 2.59. The van der Waals surface area contributed by atoms with Crippen LogP contribution in [0.15, 0.2) is 510 Å². The summed E-state index contributed by atoms with van der Waals surface area (Å²) < 4.78 is 0. The highest BCUT2D eigenvalue weighted by atomic mass is 15.2. The predicted octanol–water partition coefficient (Wildman–Crippen LogP) is 39.1. The SMILES string of the molecule is CC(C)(C)C1(C2(C(C)(C)C)c3ccccc3-c3ccc(N(c4ccccc4)c4ccc5ccc6ccccc6c5c4)cc32)c2ccccc2-c2ccc(N(c3ccccc3)c3ccc4ccc5ccccc5c4c3)cc21.CC1(C2(C)c3ccccc3-c3ccc(N(c4ccccc4)c4ccc5ccc6ccccc6c5c4)cc32)c2ccccc2-c2ccc(N(c3ccccc3)c3ccc4ccc5ccccc5c4c3)cc21. The highest BCUT2D eigenvalue weighted by molar-refractivity contribution is 6.14. The van der Waals surface area contributed by atoms with Crippen LogP contribution in [-0.4, -0.2) is 0 Å². The van der Waals surface area contributed by atoms with Crippen molar-refractivity contribution in [3.63, 3.8) is 0 Å². The fourth-order valence-corrected chi connectivity index (χ4v) is 27.3. The summed E-state index contributed by atoms with van der Waals surface area (Å²) in [6, 6.07) is 191. The molecule has 4 atom stereocenters. The van der Waals surface area contributed by atoms with Crippen LogP contribution in [0.5, 0.6) is 0 Å². The van der Waals surface area contributed by atoms with Crippen LogP contribution in [-0.2, 0) is 21.7 Å². The highest BCUT2D eigenvalue weighted by Crippen LogP contribution is 2.76. The van der Waals surface area contributed by atoms with Crippen molar-refractivity contribution in [2.24, 2.45) is 10.8 Å². The number of rotatable bonds is 14. The van der Waals surface area contributed by atoms with E-state index < -0.39 is 21.7 Å². The van der Waals surface area contributed by atoms with Crippen LogP contribution in [0.2, 0.25) is 0 Å². The van der Waals surface area contributed by atoms with E-state index in [1.54, 1.807) is 0 Å². The molecule has 0 spiro atoms. The molecule has 0 N–H and O–H groups in total. The molecule has 0 amide bonds. The van der Waals surface area contributed by atoms with Crippen LogP contribution in [0.4, 0.5) is 68.2 Å². The lowest BCUT2D eigenvalue weighted by Gasteiger charge is -2.62. The van der Waals surface area contributed by atoms with Gasteiger partial charge in [0, 0.05) is 89.9 Å². The van der Waals surface area contributed by atoms with Gasteiger partial charge in [0.15, 0.2) is 0 Å². The van der Waals surface area contributed by atoms with E-state index in [2.05, 4.69) is 585 Å². The van der Waals surface area contributed by atoms with Crippen molar-refractivity contribution in [3.05, 3.63) is 554 Å². The molecule has 0 saturated carbocycles. The van der Waals surface area contributed by atoms with E-state index in [9.17, 15) is 0 Å². The van der Waals surface area contributed by atoms with Gasteiger partial charge in [-0.1, -0.05) is 419 Å². The number of nitrogens with zero attached hydrogens (tertiary/aromatic N) is 4. The molecule has 24 aromatic carbocycles. The first-order chi connectivity index (χ1) is 71.4. The lowest BCUT2D eigenvalue weighted by Crippen LogP contribution is -2.62. The van der Waals surface area contributed by atoms with Gasteiger partial charge in [-0.05, 0) is 332 Å². The third-order valence-corrected chi connectivity index (χ3v) is 33.5. The second-order valence-electron chi connectivity index (χ2n) is 42.8. The van der Waals surface area contributed by atoms with E-state index >= 15 is 0 Å². The Morgan fingerprint density at radius 3 is 0.575 bits per heavy atom. The fourth-order valence-electron chi connectivity index (χ4n) is 27.3. The number of hydrogen-bond acceptors (Lipinski definition) is 4. The smallest absolute Gasteiger partial charge is 0.0468 e. The minimum atomic E-state index is -0.610. The lowest BCUT2D eigenvalue weighted by atomic mass is 9.39. The first-order valence-corrected chi connectivity index (χ1v) is 51.5. The Balaban J connectivity index is 0.000000145. The second kappa shape index (κ2) is 33.6. The van der Waals surface area contributed by atoms with Crippen molar-refractivity contribution in [2.45, 2.75) is 77.0 Å². The van der Waals surface area contributed by atoms with Gasteiger partial charge in [0.1, 0.15) is 0 Å². The summed E-state index contributed by atoms with van der Waals surface area (Å²) in [5, 5.41) is 20.0. The van der Waals surface area contributed by atoms with E-state index in [0.29, 0.717) is 0 Å². The molecule has 696 valence electrons. The van der Waals surface area contributed by atoms with E-state index in [1.165, 1.54) is 175 Å². The lowest BCUT2D eigenvalue weighted by molar-refractivity contribution is 0.0594. The molecule has 4 nitrogen and oxygen atoms in total. The predicted molar refractivity (Wildman–Crippen MR) is 620 cm³/mol. The Kier molecular flexibility index (Phi) is 20.2. The summed E-state index contributed by atoms with van der Waals surface area (Å²) in [6.45, 7) is 20.2. The van der Waals surface area contributed by atoms with Crippen molar-refractivity contribution >= 4 is 154 Å². The van der Waals surface area contributed by atoms with Gasteiger partial charge >= 0.3 is 0 Å². The molecular formula is C142H108N4. The Bertz CT molecular complexity index is 8880. The van der Waals surface area contributed by atoms with E-state index in [4.69, 9.17) is 0 Å². The maximum Gasteiger partial charge on any atom is 0.0468 e. The number of benzene rings is 24. The average molecular weight is 1870 g/mol. The third-order valence-electron chi connectivity index (χ3n) is 33.5. The van der Waals surface area contributed by atoms with Gasteiger partial charge in [-0.15, -0.1) is 0 Å². The molecule has 0 saturated heterocycles. The van der Waals surface area contributed by atoms with E-state index in [1.807, 2.05) is 0 Å². The van der Waals surface area contributed by atoms with E-state index in [-0.39, 0.29) is 10.8 Å². The molecule has 4 aliphatic rings. The highest BCUT2D eigenvalue weighted by Gasteiger charge is 2.71. The topological polar surface area (TPSA) is 13.0 Å². The molecule has 146 heavy (non-hydrogen) atoms. The van der Waals surface area contributed by atoms with Crippen molar-refractivity contribution in [2.75, 3.05) is 19.6 Å². The summed E-state index contributed by atoms with van der Waals surface area (Å²) in [6.07, 6.45) is 0. The minimum absolute atomic E-state index is 0.344. The van der Waals surface area contributed by atoms with Crippen molar-refractivity contribution in [3.8, 4) is 44.5 Å². The largest absolute Gasteiger partial charge is 0.310 e. The van der Waals surface area contributed by atoms with Gasteiger partial charge in [-0.3, -0.25) is 0 Å². The van der Waals surface area contributed by atoms with Gasteiger partial charge < -0.3 is 19.6 Å². The Hall–Kier alpha value is -17.4. The molecule has 0 fully saturated rings. The van der Waals surface area contributed by atoms with Crippen molar-refractivity contribution in [1.82, 2.24) is 0 Å². The monoisotopic (exact) mass is 1870 g/mol. The first-order valence-electron chi connectivity index (χ1n) is 51.5. The molecule has 0 aliphatic heterocycles. The van der Waals surface area contributed by atoms with Crippen LogP contribution < -0.4 is 19.6 Å². The average Bonchev–Trinajstić information content (AvgIpc) is 1.46. The summed E-state index contributed by atoms with van der Waals surface area (Å²) >= 11 is 0. The Labute approximate surface area is 854 Å². The van der Waals surface area contributed by atoms with Crippen molar-refractivity contribution < 1.29 is 0 Å². The Morgan fingerprint density at radius 1 is 0.137 bits per heavy atom. The molecule has 0 heterocycles. The normalized spacial score (nSPS) is 16.6. The molecule has 0 aromatic heterocycles. The summed E-state index contributed by atoms with van der Waals surface area (Å²) in [5.74, 6) is 0. The molecule has 0 bridgehead atoms. The summed E-state index contributed by atoms with van der Waals surface area (Å²) in [5.41, 5.74) is 31.8. The zero-order chi connectivity index (χ0) is 98.1. The minimum Gasteiger partial charge on any atom is -0.310 e. The van der Waals surface area contributed by atoms with Gasteiger partial charge in [0.2, 0.25) is 0 Å². The van der Waals surface area contributed by atoms with Crippen LogP contribution >= 0.6 is 0 Å².